The zero-order chi connectivity index (χ0) is 13.4. The quantitative estimate of drug-likeness (QED) is 0.785. The minimum atomic E-state index is -0.145. The van der Waals surface area contributed by atoms with Gasteiger partial charge in [-0.15, -0.1) is 0 Å². The number of fused-ring (bicyclic) bond motifs is 1. The lowest BCUT2D eigenvalue weighted by molar-refractivity contribution is -0.120. The zero-order valence-electron chi connectivity index (χ0n) is 10.4. The molecule has 3 rings (SSSR count). The highest BCUT2D eigenvalue weighted by molar-refractivity contribution is 7.80. The molecule has 2 heterocycles. The minimum Gasteiger partial charge on any atom is -0.329 e. The lowest BCUT2D eigenvalue weighted by Crippen LogP contribution is -2.55. The van der Waals surface area contributed by atoms with Gasteiger partial charge in [0.05, 0.1) is 6.04 Å². The predicted octanol–water partition coefficient (Wildman–Crippen LogP) is 1.29. The molecule has 98 valence electrons. The third-order valence-electron chi connectivity index (χ3n) is 3.72. The Morgan fingerprint density at radius 3 is 2.79 bits per heavy atom. The average Bonchev–Trinajstić information content (AvgIpc) is 2.41. The van der Waals surface area contributed by atoms with E-state index in [0.717, 1.165) is 17.5 Å². The fraction of sp³-hybridized carbons (Fsp3) is 0.357. The molecule has 0 aromatic heterocycles. The van der Waals surface area contributed by atoms with Gasteiger partial charge in [0.1, 0.15) is 4.99 Å². The highest BCUT2D eigenvalue weighted by Gasteiger charge is 2.34. The van der Waals surface area contributed by atoms with Gasteiger partial charge in [-0.1, -0.05) is 30.4 Å². The Labute approximate surface area is 116 Å². The third kappa shape index (κ3) is 2.14. The first-order chi connectivity index (χ1) is 9.16. The van der Waals surface area contributed by atoms with Crippen molar-refractivity contribution in [2.24, 2.45) is 0 Å². The normalized spacial score (nSPS) is 23.1. The topological polar surface area (TPSA) is 49.4 Å². The van der Waals surface area contributed by atoms with Crippen LogP contribution in [-0.4, -0.2) is 34.3 Å². The van der Waals surface area contributed by atoms with E-state index in [1.54, 1.807) is 4.90 Å². The summed E-state index contributed by atoms with van der Waals surface area (Å²) in [5.74, 6) is -0.0311. The molecule has 5 heteroatoms. The van der Waals surface area contributed by atoms with Crippen LogP contribution in [0.1, 0.15) is 28.8 Å². The van der Waals surface area contributed by atoms with E-state index in [0.29, 0.717) is 24.4 Å². The Morgan fingerprint density at radius 1 is 1.21 bits per heavy atom. The molecular formula is C14H14N2O2S. The fourth-order valence-corrected chi connectivity index (χ4v) is 3.08. The van der Waals surface area contributed by atoms with E-state index >= 15 is 0 Å². The number of nitrogens with one attached hydrogen (secondary N) is 1. The third-order valence-corrected chi connectivity index (χ3v) is 4.09. The maximum atomic E-state index is 12.5. The van der Waals surface area contributed by atoms with E-state index in [4.69, 9.17) is 12.2 Å². The van der Waals surface area contributed by atoms with Gasteiger partial charge in [0.2, 0.25) is 5.91 Å². The summed E-state index contributed by atoms with van der Waals surface area (Å²) >= 11 is 5.21. The number of nitrogens with zero attached hydrogens (tertiary/aromatic N) is 1. The molecule has 1 unspecified atom stereocenters. The van der Waals surface area contributed by atoms with Crippen molar-refractivity contribution in [2.45, 2.75) is 25.3 Å². The molecule has 2 aliphatic heterocycles. The fourth-order valence-electron chi connectivity index (χ4n) is 2.72. The number of benzene rings is 1. The molecule has 0 radical (unpaired) electrons. The number of thiocarbonyl (C=S) groups is 1. The second kappa shape index (κ2) is 4.74. The maximum Gasteiger partial charge on any atom is 0.254 e. The first-order valence-corrected chi connectivity index (χ1v) is 6.80. The van der Waals surface area contributed by atoms with Gasteiger partial charge in [-0.05, 0) is 24.5 Å². The lowest BCUT2D eigenvalue weighted by atomic mass is 9.95. The Kier molecular flexibility index (Phi) is 3.06. The van der Waals surface area contributed by atoms with Crippen molar-refractivity contribution in [3.05, 3.63) is 35.4 Å². The smallest absolute Gasteiger partial charge is 0.254 e. The first kappa shape index (κ1) is 12.3. The molecule has 0 aliphatic carbocycles. The predicted molar refractivity (Wildman–Crippen MR) is 74.9 cm³/mol. The molecule has 1 atom stereocenters. The molecule has 4 nitrogen and oxygen atoms in total. The van der Waals surface area contributed by atoms with E-state index in [9.17, 15) is 9.59 Å². The summed E-state index contributed by atoms with van der Waals surface area (Å²) in [6.07, 6.45) is 1.89. The Morgan fingerprint density at radius 2 is 2.00 bits per heavy atom. The van der Waals surface area contributed by atoms with Crippen LogP contribution in [-0.2, 0) is 11.2 Å². The highest BCUT2D eigenvalue weighted by atomic mass is 32.1. The largest absolute Gasteiger partial charge is 0.329 e. The second-order valence-corrected chi connectivity index (χ2v) is 5.31. The second-order valence-electron chi connectivity index (χ2n) is 4.87. The van der Waals surface area contributed by atoms with Gasteiger partial charge in [-0.3, -0.25) is 9.59 Å². The maximum absolute atomic E-state index is 12.5. The van der Waals surface area contributed by atoms with Crippen LogP contribution in [0.2, 0.25) is 0 Å². The Hall–Kier alpha value is -1.75. The summed E-state index contributed by atoms with van der Waals surface area (Å²) in [4.78, 5) is 26.0. The molecule has 1 fully saturated rings. The highest BCUT2D eigenvalue weighted by Crippen LogP contribution is 2.23. The van der Waals surface area contributed by atoms with E-state index in [2.05, 4.69) is 5.32 Å². The van der Waals surface area contributed by atoms with Crippen molar-refractivity contribution in [1.29, 1.82) is 0 Å². The number of hydrogen-bond acceptors (Lipinski definition) is 3. The standard InChI is InChI=1S/C14H14N2O2S/c17-12-6-5-11(13(19)15-12)16-8-7-9-3-1-2-4-10(9)14(16)18/h1-4,11H,5-8H2,(H,15,17,19). The van der Waals surface area contributed by atoms with Crippen molar-refractivity contribution in [3.63, 3.8) is 0 Å². The molecule has 1 N–H and O–H groups in total. The number of carbonyl (C=O) groups excluding carboxylic acids is 2. The summed E-state index contributed by atoms with van der Waals surface area (Å²) in [5, 5.41) is 2.67. The first-order valence-electron chi connectivity index (χ1n) is 6.39. The molecular weight excluding hydrogens is 260 g/mol. The van der Waals surface area contributed by atoms with Crippen molar-refractivity contribution in [1.82, 2.24) is 10.2 Å². The van der Waals surface area contributed by atoms with Crippen LogP contribution in [0, 0.1) is 0 Å². The van der Waals surface area contributed by atoms with E-state index < -0.39 is 0 Å². The summed E-state index contributed by atoms with van der Waals surface area (Å²) in [6.45, 7) is 0.663. The molecule has 0 bridgehead atoms. The van der Waals surface area contributed by atoms with E-state index in [1.165, 1.54) is 0 Å². The van der Waals surface area contributed by atoms with Gasteiger partial charge >= 0.3 is 0 Å². The van der Waals surface area contributed by atoms with Crippen molar-refractivity contribution in [3.8, 4) is 0 Å². The molecule has 2 aliphatic rings. The number of hydrogen-bond donors (Lipinski definition) is 1. The molecule has 1 saturated heterocycles. The molecule has 1 aromatic rings. The van der Waals surface area contributed by atoms with Gasteiger partial charge in [-0.2, -0.15) is 0 Å². The van der Waals surface area contributed by atoms with Crippen LogP contribution in [0.5, 0.6) is 0 Å². The van der Waals surface area contributed by atoms with Crippen LogP contribution in [0.4, 0.5) is 0 Å². The lowest BCUT2D eigenvalue weighted by Gasteiger charge is -2.37. The van der Waals surface area contributed by atoms with Gasteiger partial charge < -0.3 is 10.2 Å². The van der Waals surface area contributed by atoms with Gasteiger partial charge in [0.25, 0.3) is 5.91 Å². The van der Waals surface area contributed by atoms with Crippen LogP contribution in [0.3, 0.4) is 0 Å². The summed E-state index contributed by atoms with van der Waals surface area (Å²) in [7, 11) is 0. The Bertz CT molecular complexity index is 570. The summed E-state index contributed by atoms with van der Waals surface area (Å²) < 4.78 is 0. The van der Waals surface area contributed by atoms with Crippen molar-refractivity contribution in [2.75, 3.05) is 6.54 Å². The van der Waals surface area contributed by atoms with Crippen LogP contribution >= 0.6 is 12.2 Å². The zero-order valence-corrected chi connectivity index (χ0v) is 11.2. The molecule has 0 saturated carbocycles. The number of piperidine rings is 1. The summed E-state index contributed by atoms with van der Waals surface area (Å²) in [6, 6.07) is 7.53. The van der Waals surface area contributed by atoms with Gasteiger partial charge in [0.15, 0.2) is 0 Å². The average molecular weight is 274 g/mol. The van der Waals surface area contributed by atoms with Gasteiger partial charge in [-0.25, -0.2) is 0 Å². The number of carbonyl (C=O) groups is 2. The summed E-state index contributed by atoms with van der Waals surface area (Å²) in [5.41, 5.74) is 1.85. The van der Waals surface area contributed by atoms with Crippen LogP contribution in [0.25, 0.3) is 0 Å². The molecule has 0 spiro atoms. The SMILES string of the molecule is O=C1CCC(N2CCc3ccccc3C2=O)C(=S)N1. The monoisotopic (exact) mass is 274 g/mol. The van der Waals surface area contributed by atoms with Gasteiger partial charge in [0, 0.05) is 18.5 Å². The van der Waals surface area contributed by atoms with Crippen molar-refractivity contribution >= 4 is 29.0 Å². The number of rotatable bonds is 1. The van der Waals surface area contributed by atoms with E-state index in [-0.39, 0.29) is 17.9 Å². The van der Waals surface area contributed by atoms with Crippen LogP contribution < -0.4 is 5.32 Å². The molecule has 2 amide bonds. The minimum absolute atomic E-state index is 0.0188. The van der Waals surface area contributed by atoms with Crippen molar-refractivity contribution < 1.29 is 9.59 Å². The Balaban J connectivity index is 1.86. The molecule has 19 heavy (non-hydrogen) atoms. The van der Waals surface area contributed by atoms with Crippen LogP contribution in [0.15, 0.2) is 24.3 Å². The van der Waals surface area contributed by atoms with E-state index in [1.807, 2.05) is 24.3 Å². The number of amides is 2. The molecule has 1 aromatic carbocycles.